The van der Waals surface area contributed by atoms with Crippen molar-refractivity contribution in [2.45, 2.75) is 39.0 Å². The van der Waals surface area contributed by atoms with Crippen LogP contribution >= 0.6 is 0 Å². The number of rotatable bonds is 5. The normalized spacial score (nSPS) is 21.8. The van der Waals surface area contributed by atoms with Crippen molar-refractivity contribution in [1.82, 2.24) is 24.6 Å². The van der Waals surface area contributed by atoms with Gasteiger partial charge in [-0.15, -0.1) is 0 Å². The zero-order valence-corrected chi connectivity index (χ0v) is 15.9. The van der Waals surface area contributed by atoms with Gasteiger partial charge in [0.15, 0.2) is 0 Å². The molecule has 1 fully saturated rings. The highest BCUT2D eigenvalue weighted by Crippen LogP contribution is 2.20. The molecule has 3 unspecified atom stereocenters. The molecule has 26 heavy (non-hydrogen) atoms. The van der Waals surface area contributed by atoms with Gasteiger partial charge in [0.1, 0.15) is 12.7 Å². The Labute approximate surface area is 154 Å². The molecule has 1 aromatic carbocycles. The zero-order valence-electron chi connectivity index (χ0n) is 15.9. The summed E-state index contributed by atoms with van der Waals surface area (Å²) in [7, 11) is 1.99. The van der Waals surface area contributed by atoms with Crippen LogP contribution in [0.4, 0.5) is 0 Å². The van der Waals surface area contributed by atoms with E-state index in [4.69, 9.17) is 4.74 Å². The predicted octanol–water partition coefficient (Wildman–Crippen LogP) is 1.90. The molecule has 7 heteroatoms. The van der Waals surface area contributed by atoms with E-state index < -0.39 is 0 Å². The Kier molecular flexibility index (Phi) is 5.68. The van der Waals surface area contributed by atoms with Crippen LogP contribution < -0.4 is 0 Å². The summed E-state index contributed by atoms with van der Waals surface area (Å²) in [6.07, 6.45) is 3.38. The van der Waals surface area contributed by atoms with Crippen LogP contribution in [-0.4, -0.2) is 69.4 Å². The highest BCUT2D eigenvalue weighted by atomic mass is 16.5. The fraction of sp³-hybridized carbons (Fsp3) is 0.526. The average Bonchev–Trinajstić information content (AvgIpc) is 3.15. The molecule has 1 aromatic heterocycles. The molecule has 140 valence electrons. The Bertz CT molecular complexity index is 706. The number of likely N-dealkylation sites (N-methyl/N-ethyl adjacent to an activating group) is 1. The van der Waals surface area contributed by atoms with Crippen LogP contribution in [-0.2, 0) is 9.53 Å². The predicted molar refractivity (Wildman–Crippen MR) is 99.0 cm³/mol. The Morgan fingerprint density at radius 3 is 2.50 bits per heavy atom. The first-order valence-corrected chi connectivity index (χ1v) is 9.02. The molecule has 1 amide bonds. The van der Waals surface area contributed by atoms with E-state index >= 15 is 0 Å². The maximum atomic E-state index is 12.7. The molecular formula is C19H27N5O2. The van der Waals surface area contributed by atoms with Gasteiger partial charge in [0.05, 0.1) is 24.4 Å². The van der Waals surface area contributed by atoms with Crippen molar-refractivity contribution in [3.63, 3.8) is 0 Å². The second-order valence-corrected chi connectivity index (χ2v) is 7.08. The van der Waals surface area contributed by atoms with Crippen LogP contribution in [0.1, 0.15) is 32.4 Å². The number of hydrogen-bond acceptors (Lipinski definition) is 5. The van der Waals surface area contributed by atoms with E-state index in [-0.39, 0.29) is 24.2 Å². The molecular weight excluding hydrogens is 330 g/mol. The summed E-state index contributed by atoms with van der Waals surface area (Å²) in [5, 5.41) is 4.13. The van der Waals surface area contributed by atoms with E-state index in [9.17, 15) is 4.79 Å². The molecule has 3 rings (SSSR count). The van der Waals surface area contributed by atoms with Crippen molar-refractivity contribution in [2.75, 3.05) is 26.7 Å². The monoisotopic (exact) mass is 357 g/mol. The van der Waals surface area contributed by atoms with Crippen molar-refractivity contribution in [3.8, 4) is 5.69 Å². The van der Waals surface area contributed by atoms with Gasteiger partial charge >= 0.3 is 0 Å². The molecule has 1 aliphatic heterocycles. The minimum atomic E-state index is 0.0924. The number of carbonyl (C=O) groups is 1. The lowest BCUT2D eigenvalue weighted by Crippen LogP contribution is -2.50. The SMILES string of the molecule is CC1CN(C(=O)CN(C)C(C)c2ccc(-n3cncn3)cc2)CC(C)O1. The van der Waals surface area contributed by atoms with Crippen LogP contribution in [0.2, 0.25) is 0 Å². The topological polar surface area (TPSA) is 63.5 Å². The molecule has 2 heterocycles. The van der Waals surface area contributed by atoms with Gasteiger partial charge in [0, 0.05) is 19.1 Å². The van der Waals surface area contributed by atoms with E-state index in [1.807, 2.05) is 37.9 Å². The highest BCUT2D eigenvalue weighted by molar-refractivity contribution is 5.78. The molecule has 0 N–H and O–H groups in total. The zero-order chi connectivity index (χ0) is 18.7. The van der Waals surface area contributed by atoms with Crippen molar-refractivity contribution >= 4 is 5.91 Å². The number of ether oxygens (including phenoxy) is 1. The number of benzene rings is 1. The molecule has 0 bridgehead atoms. The summed E-state index contributed by atoms with van der Waals surface area (Å²) in [5.74, 6) is 0.153. The van der Waals surface area contributed by atoms with Crippen molar-refractivity contribution in [1.29, 1.82) is 0 Å². The lowest BCUT2D eigenvalue weighted by molar-refractivity contribution is -0.144. The van der Waals surface area contributed by atoms with E-state index in [0.717, 1.165) is 11.3 Å². The second-order valence-electron chi connectivity index (χ2n) is 7.08. The van der Waals surface area contributed by atoms with Gasteiger partial charge in [0.2, 0.25) is 5.91 Å². The largest absolute Gasteiger partial charge is 0.372 e. The van der Waals surface area contributed by atoms with E-state index in [2.05, 4.69) is 34.0 Å². The van der Waals surface area contributed by atoms with Crippen molar-refractivity contribution < 1.29 is 9.53 Å². The number of carbonyl (C=O) groups excluding carboxylic acids is 1. The average molecular weight is 357 g/mol. The molecule has 0 aliphatic carbocycles. The summed E-state index contributed by atoms with van der Waals surface area (Å²) in [5.41, 5.74) is 2.13. The molecule has 0 spiro atoms. The van der Waals surface area contributed by atoms with Gasteiger partial charge in [0.25, 0.3) is 0 Å². The van der Waals surface area contributed by atoms with Gasteiger partial charge in [-0.25, -0.2) is 9.67 Å². The number of nitrogens with zero attached hydrogens (tertiary/aromatic N) is 5. The fourth-order valence-corrected chi connectivity index (χ4v) is 3.33. The third kappa shape index (κ3) is 4.28. The lowest BCUT2D eigenvalue weighted by Gasteiger charge is -2.36. The van der Waals surface area contributed by atoms with Gasteiger partial charge < -0.3 is 9.64 Å². The molecule has 7 nitrogen and oxygen atoms in total. The minimum Gasteiger partial charge on any atom is -0.372 e. The third-order valence-corrected chi connectivity index (χ3v) is 4.88. The first-order chi connectivity index (χ1) is 12.4. The lowest BCUT2D eigenvalue weighted by atomic mass is 10.1. The molecule has 1 saturated heterocycles. The summed E-state index contributed by atoms with van der Waals surface area (Å²) < 4.78 is 7.44. The summed E-state index contributed by atoms with van der Waals surface area (Å²) in [6, 6.07) is 8.31. The maximum Gasteiger partial charge on any atom is 0.236 e. The van der Waals surface area contributed by atoms with E-state index in [0.29, 0.717) is 19.6 Å². The Morgan fingerprint density at radius 1 is 1.27 bits per heavy atom. The van der Waals surface area contributed by atoms with Crippen LogP contribution in [0.3, 0.4) is 0 Å². The smallest absolute Gasteiger partial charge is 0.236 e. The first kappa shape index (κ1) is 18.5. The Balaban J connectivity index is 1.60. The molecule has 0 radical (unpaired) electrons. The Morgan fingerprint density at radius 2 is 1.92 bits per heavy atom. The maximum absolute atomic E-state index is 12.7. The molecule has 2 aromatic rings. The first-order valence-electron chi connectivity index (χ1n) is 9.02. The van der Waals surface area contributed by atoms with E-state index in [1.165, 1.54) is 6.33 Å². The van der Waals surface area contributed by atoms with Crippen LogP contribution in [0.15, 0.2) is 36.9 Å². The minimum absolute atomic E-state index is 0.0924. The van der Waals surface area contributed by atoms with Crippen LogP contribution in [0.5, 0.6) is 0 Å². The second kappa shape index (κ2) is 7.97. The third-order valence-electron chi connectivity index (χ3n) is 4.88. The molecule has 0 saturated carbocycles. The van der Waals surface area contributed by atoms with Gasteiger partial charge in [-0.3, -0.25) is 9.69 Å². The standard InChI is InChI=1S/C19H27N5O2/c1-14-9-23(10-15(2)26-14)19(25)11-22(4)16(3)17-5-7-18(8-6-17)24-13-20-12-21-24/h5-8,12-16H,9-11H2,1-4H3. The summed E-state index contributed by atoms with van der Waals surface area (Å²) in [6.45, 7) is 7.86. The quantitative estimate of drug-likeness (QED) is 0.818. The van der Waals surface area contributed by atoms with Crippen LogP contribution in [0.25, 0.3) is 5.69 Å². The van der Waals surface area contributed by atoms with Crippen LogP contribution in [0, 0.1) is 0 Å². The fourth-order valence-electron chi connectivity index (χ4n) is 3.33. The van der Waals surface area contributed by atoms with Gasteiger partial charge in [-0.1, -0.05) is 12.1 Å². The number of morpholine rings is 1. The highest BCUT2D eigenvalue weighted by Gasteiger charge is 2.27. The number of hydrogen-bond donors (Lipinski definition) is 0. The van der Waals surface area contributed by atoms with E-state index in [1.54, 1.807) is 11.0 Å². The van der Waals surface area contributed by atoms with Gasteiger partial charge in [-0.05, 0) is 45.5 Å². The number of aromatic nitrogens is 3. The van der Waals surface area contributed by atoms with Crippen molar-refractivity contribution in [3.05, 3.63) is 42.5 Å². The molecule has 3 atom stereocenters. The summed E-state index contributed by atoms with van der Waals surface area (Å²) in [4.78, 5) is 20.6. The van der Waals surface area contributed by atoms with Gasteiger partial charge in [-0.2, -0.15) is 5.10 Å². The summed E-state index contributed by atoms with van der Waals surface area (Å²) >= 11 is 0. The molecule has 1 aliphatic rings. The number of amides is 1. The Hall–Kier alpha value is -2.25. The van der Waals surface area contributed by atoms with Crippen molar-refractivity contribution in [2.24, 2.45) is 0 Å².